The van der Waals surface area contributed by atoms with Crippen LogP contribution in [0.5, 0.6) is 0 Å². The summed E-state index contributed by atoms with van der Waals surface area (Å²) in [7, 11) is 0. The molecule has 0 fully saturated rings. The Labute approximate surface area is 86.1 Å². The monoisotopic (exact) mass is 190 g/mol. The molecule has 1 rings (SSSR count). The van der Waals surface area contributed by atoms with Gasteiger partial charge in [-0.1, -0.05) is 32.0 Å². The van der Waals surface area contributed by atoms with Crippen molar-refractivity contribution in [2.75, 3.05) is 0 Å². The van der Waals surface area contributed by atoms with E-state index in [1.165, 1.54) is 11.1 Å². The Morgan fingerprint density at radius 1 is 1.14 bits per heavy atom. The summed E-state index contributed by atoms with van der Waals surface area (Å²) in [5.74, 6) is 0.406. The van der Waals surface area contributed by atoms with Crippen molar-refractivity contribution in [1.29, 1.82) is 0 Å². The van der Waals surface area contributed by atoms with Gasteiger partial charge >= 0.3 is 0 Å². The van der Waals surface area contributed by atoms with Gasteiger partial charge in [-0.15, -0.1) is 0 Å². The Balaban J connectivity index is 3.05. The minimum Gasteiger partial charge on any atom is -0.303 e. The van der Waals surface area contributed by atoms with E-state index in [2.05, 4.69) is 45.9 Å². The van der Waals surface area contributed by atoms with Crippen LogP contribution in [0.2, 0.25) is 0 Å². The zero-order valence-electron chi connectivity index (χ0n) is 9.37. The number of hydrogen-bond acceptors (Lipinski definition) is 1. The molecule has 0 N–H and O–H groups in total. The Hall–Kier alpha value is -1.11. The van der Waals surface area contributed by atoms with Crippen LogP contribution in [-0.2, 0) is 4.79 Å². The van der Waals surface area contributed by atoms with Gasteiger partial charge in [-0.2, -0.15) is 0 Å². The molecule has 0 bridgehead atoms. The first-order chi connectivity index (χ1) is 6.56. The van der Waals surface area contributed by atoms with E-state index in [0.717, 1.165) is 11.8 Å². The van der Waals surface area contributed by atoms with E-state index in [9.17, 15) is 4.79 Å². The molecule has 1 aromatic rings. The van der Waals surface area contributed by atoms with Crippen LogP contribution in [0.4, 0.5) is 0 Å². The molecule has 0 aliphatic rings. The largest absolute Gasteiger partial charge is 0.303 e. The fraction of sp³-hybridized carbons (Fsp3) is 0.462. The second-order valence-electron chi connectivity index (χ2n) is 4.25. The molecule has 0 saturated carbocycles. The van der Waals surface area contributed by atoms with Crippen molar-refractivity contribution in [3.8, 4) is 0 Å². The van der Waals surface area contributed by atoms with E-state index in [4.69, 9.17) is 0 Å². The number of carbonyl (C=O) groups is 1. The molecule has 0 heterocycles. The summed E-state index contributed by atoms with van der Waals surface area (Å²) in [5, 5.41) is 0. The van der Waals surface area contributed by atoms with Gasteiger partial charge in [0.25, 0.3) is 0 Å². The van der Waals surface area contributed by atoms with E-state index in [1.807, 2.05) is 0 Å². The number of benzene rings is 1. The van der Waals surface area contributed by atoms with Crippen molar-refractivity contribution in [3.05, 3.63) is 34.9 Å². The molecule has 1 heteroatoms. The minimum absolute atomic E-state index is 0.0364. The first-order valence-corrected chi connectivity index (χ1v) is 5.08. The zero-order valence-corrected chi connectivity index (χ0v) is 9.37. The molecule has 0 spiro atoms. The number of hydrogen-bond donors (Lipinski definition) is 0. The van der Waals surface area contributed by atoms with Crippen LogP contribution in [0.25, 0.3) is 0 Å². The van der Waals surface area contributed by atoms with Crippen LogP contribution in [0.1, 0.15) is 36.5 Å². The second-order valence-corrected chi connectivity index (χ2v) is 4.25. The number of aldehydes is 1. The predicted molar refractivity (Wildman–Crippen MR) is 59.6 cm³/mol. The van der Waals surface area contributed by atoms with Gasteiger partial charge in [-0.05, 0) is 36.5 Å². The standard InChI is InChI=1S/C13H18O/c1-9(2)13(8-14)12-6-5-10(3)11(4)7-12/h5-9,13H,1-4H3. The molecule has 0 aliphatic heterocycles. The van der Waals surface area contributed by atoms with E-state index in [0.29, 0.717) is 5.92 Å². The molecule has 0 radical (unpaired) electrons. The first-order valence-electron chi connectivity index (χ1n) is 5.08. The third kappa shape index (κ3) is 2.22. The third-order valence-corrected chi connectivity index (χ3v) is 2.78. The third-order valence-electron chi connectivity index (χ3n) is 2.78. The molecule has 1 nitrogen and oxygen atoms in total. The average Bonchev–Trinajstić information content (AvgIpc) is 2.11. The van der Waals surface area contributed by atoms with Gasteiger partial charge in [-0.25, -0.2) is 0 Å². The topological polar surface area (TPSA) is 17.1 Å². The van der Waals surface area contributed by atoms with Crippen LogP contribution < -0.4 is 0 Å². The Morgan fingerprint density at radius 3 is 2.21 bits per heavy atom. The maximum Gasteiger partial charge on any atom is 0.127 e. The summed E-state index contributed by atoms with van der Waals surface area (Å²) in [5.41, 5.74) is 3.68. The molecule has 1 aromatic carbocycles. The Kier molecular flexibility index (Phi) is 3.45. The number of carbonyl (C=O) groups excluding carboxylic acids is 1. The highest BCUT2D eigenvalue weighted by molar-refractivity contribution is 5.62. The highest BCUT2D eigenvalue weighted by atomic mass is 16.1. The fourth-order valence-corrected chi connectivity index (χ4v) is 1.59. The lowest BCUT2D eigenvalue weighted by atomic mass is 9.88. The zero-order chi connectivity index (χ0) is 10.7. The van der Waals surface area contributed by atoms with Crippen LogP contribution in [0, 0.1) is 19.8 Å². The molecule has 1 unspecified atom stereocenters. The van der Waals surface area contributed by atoms with Crippen molar-refractivity contribution in [2.45, 2.75) is 33.6 Å². The first kappa shape index (κ1) is 11.0. The SMILES string of the molecule is Cc1ccc(C(C=O)C(C)C)cc1C. The summed E-state index contributed by atoms with van der Waals surface area (Å²) in [6, 6.07) is 6.26. The molecule has 1 atom stereocenters. The molecular formula is C13H18O. The number of rotatable bonds is 3. The van der Waals surface area contributed by atoms with Gasteiger partial charge in [0.1, 0.15) is 6.29 Å². The van der Waals surface area contributed by atoms with E-state index in [-0.39, 0.29) is 5.92 Å². The highest BCUT2D eigenvalue weighted by Gasteiger charge is 2.14. The molecular weight excluding hydrogens is 172 g/mol. The lowest BCUT2D eigenvalue weighted by Crippen LogP contribution is -2.08. The van der Waals surface area contributed by atoms with Crippen molar-refractivity contribution in [1.82, 2.24) is 0 Å². The molecule has 0 aromatic heterocycles. The molecule has 14 heavy (non-hydrogen) atoms. The van der Waals surface area contributed by atoms with E-state index >= 15 is 0 Å². The summed E-state index contributed by atoms with van der Waals surface area (Å²) < 4.78 is 0. The Morgan fingerprint density at radius 2 is 1.79 bits per heavy atom. The second kappa shape index (κ2) is 4.41. The molecule has 76 valence electrons. The van der Waals surface area contributed by atoms with Crippen molar-refractivity contribution in [2.24, 2.45) is 5.92 Å². The molecule has 0 amide bonds. The summed E-state index contributed by atoms with van der Waals surface area (Å²) >= 11 is 0. The minimum atomic E-state index is 0.0364. The van der Waals surface area contributed by atoms with Gasteiger partial charge in [0.15, 0.2) is 0 Å². The van der Waals surface area contributed by atoms with Gasteiger partial charge < -0.3 is 4.79 Å². The van der Waals surface area contributed by atoms with Gasteiger partial charge in [-0.3, -0.25) is 0 Å². The maximum atomic E-state index is 10.9. The lowest BCUT2D eigenvalue weighted by Gasteiger charge is -2.15. The van der Waals surface area contributed by atoms with Gasteiger partial charge in [0, 0.05) is 5.92 Å². The van der Waals surface area contributed by atoms with Crippen LogP contribution in [0.15, 0.2) is 18.2 Å². The quantitative estimate of drug-likeness (QED) is 0.669. The van der Waals surface area contributed by atoms with Gasteiger partial charge in [0.05, 0.1) is 0 Å². The maximum absolute atomic E-state index is 10.9. The molecule has 0 saturated heterocycles. The van der Waals surface area contributed by atoms with E-state index in [1.54, 1.807) is 0 Å². The highest BCUT2D eigenvalue weighted by Crippen LogP contribution is 2.23. The fourth-order valence-electron chi connectivity index (χ4n) is 1.59. The smallest absolute Gasteiger partial charge is 0.127 e. The average molecular weight is 190 g/mol. The van der Waals surface area contributed by atoms with Gasteiger partial charge in [0.2, 0.25) is 0 Å². The normalized spacial score (nSPS) is 12.9. The van der Waals surface area contributed by atoms with Crippen LogP contribution in [-0.4, -0.2) is 6.29 Å². The Bertz CT molecular complexity index is 326. The summed E-state index contributed by atoms with van der Waals surface area (Å²) in [4.78, 5) is 10.9. The van der Waals surface area contributed by atoms with Crippen LogP contribution >= 0.6 is 0 Å². The lowest BCUT2D eigenvalue weighted by molar-refractivity contribution is -0.109. The predicted octanol–water partition coefficient (Wildman–Crippen LogP) is 3.24. The van der Waals surface area contributed by atoms with Crippen LogP contribution in [0.3, 0.4) is 0 Å². The van der Waals surface area contributed by atoms with Crippen molar-refractivity contribution in [3.63, 3.8) is 0 Å². The van der Waals surface area contributed by atoms with Crippen molar-refractivity contribution < 1.29 is 4.79 Å². The van der Waals surface area contributed by atoms with Crippen molar-refractivity contribution >= 4 is 6.29 Å². The van der Waals surface area contributed by atoms with E-state index < -0.39 is 0 Å². The summed E-state index contributed by atoms with van der Waals surface area (Å²) in [6.07, 6.45) is 1.05. The molecule has 0 aliphatic carbocycles. The summed E-state index contributed by atoms with van der Waals surface area (Å²) in [6.45, 7) is 8.33. The number of aryl methyl sites for hydroxylation is 2.